The lowest BCUT2D eigenvalue weighted by molar-refractivity contribution is 0.295. The highest BCUT2D eigenvalue weighted by Crippen LogP contribution is 2.19. The summed E-state index contributed by atoms with van der Waals surface area (Å²) >= 11 is -1.26. The smallest absolute Gasteiger partial charge is 0.347 e. The molecule has 0 N–H and O–H groups in total. The summed E-state index contributed by atoms with van der Waals surface area (Å²) < 4.78 is 20.3. The van der Waals surface area contributed by atoms with Crippen LogP contribution in [0, 0.1) is 0 Å². The van der Waals surface area contributed by atoms with Crippen LogP contribution in [0.4, 0.5) is 0 Å². The summed E-state index contributed by atoms with van der Waals surface area (Å²) in [5.74, 6) is 0.895. The fourth-order valence-electron chi connectivity index (χ4n) is 3.28. The third kappa shape index (κ3) is 5.17. The van der Waals surface area contributed by atoms with E-state index in [1.165, 1.54) is 11.1 Å². The van der Waals surface area contributed by atoms with Gasteiger partial charge in [0.1, 0.15) is 5.75 Å². The molecule has 0 amide bonds. The van der Waals surface area contributed by atoms with E-state index < -0.39 is 11.2 Å². The second-order valence-corrected chi connectivity index (χ2v) is 8.45. The van der Waals surface area contributed by atoms with Gasteiger partial charge in [0.05, 0.1) is 6.61 Å². The standard InChI is InChI=1S/C23H24N4O2S/c28-30(18-8-14-20-11-5-2-6-12-20)23-26-25-22(21-24-15-16-27(21)23)29-17-7-13-19-9-3-1-4-10-19/h1-6,9-12,15-16H,7-8,13-14,17-18H2. The van der Waals surface area contributed by atoms with Crippen molar-refractivity contribution >= 4 is 16.8 Å². The molecule has 6 nitrogen and oxygen atoms in total. The van der Waals surface area contributed by atoms with Gasteiger partial charge in [0.2, 0.25) is 5.65 Å². The van der Waals surface area contributed by atoms with Gasteiger partial charge in [0.25, 0.3) is 5.88 Å². The maximum atomic E-state index is 12.8. The Morgan fingerprint density at radius 1 is 0.867 bits per heavy atom. The van der Waals surface area contributed by atoms with Crippen molar-refractivity contribution in [1.82, 2.24) is 19.6 Å². The average molecular weight is 421 g/mol. The maximum Gasteiger partial charge on any atom is 0.347 e. The lowest BCUT2D eigenvalue weighted by Crippen LogP contribution is -2.16. The van der Waals surface area contributed by atoms with Gasteiger partial charge >= 0.3 is 5.16 Å². The first-order chi connectivity index (χ1) is 14.8. The van der Waals surface area contributed by atoms with Gasteiger partial charge in [0, 0.05) is 23.6 Å². The summed E-state index contributed by atoms with van der Waals surface area (Å²) in [4.78, 5) is 4.33. The number of rotatable bonds is 10. The fraction of sp³-hybridized carbons (Fsp3) is 0.261. The van der Waals surface area contributed by atoms with Gasteiger partial charge in [-0.2, -0.15) is 0 Å². The van der Waals surface area contributed by atoms with E-state index in [1.807, 2.05) is 36.4 Å². The molecule has 154 valence electrons. The number of benzene rings is 2. The zero-order chi connectivity index (χ0) is 20.6. The Morgan fingerprint density at radius 3 is 2.23 bits per heavy atom. The number of imidazole rings is 1. The molecule has 0 fully saturated rings. The first-order valence-corrected chi connectivity index (χ1v) is 11.4. The van der Waals surface area contributed by atoms with Crippen LogP contribution in [-0.2, 0) is 24.0 Å². The SMILES string of the molecule is [O-][S+](CCCc1ccccc1)c1nnc(OCCCc2ccccc2)c2nccn12. The lowest BCUT2D eigenvalue weighted by Gasteiger charge is -2.11. The summed E-state index contributed by atoms with van der Waals surface area (Å²) in [5.41, 5.74) is 3.07. The molecule has 30 heavy (non-hydrogen) atoms. The largest absolute Gasteiger partial charge is 0.609 e. The van der Waals surface area contributed by atoms with Gasteiger partial charge in [-0.3, -0.25) is 0 Å². The zero-order valence-electron chi connectivity index (χ0n) is 16.7. The van der Waals surface area contributed by atoms with E-state index in [2.05, 4.69) is 39.4 Å². The van der Waals surface area contributed by atoms with Crippen LogP contribution < -0.4 is 4.74 Å². The summed E-state index contributed by atoms with van der Waals surface area (Å²) in [6, 6.07) is 20.5. The predicted octanol–water partition coefficient (Wildman–Crippen LogP) is 3.88. The summed E-state index contributed by atoms with van der Waals surface area (Å²) in [5, 5.41) is 8.76. The topological polar surface area (TPSA) is 75.4 Å². The van der Waals surface area contributed by atoms with Crippen LogP contribution in [0.1, 0.15) is 24.0 Å². The highest BCUT2D eigenvalue weighted by Gasteiger charge is 2.21. The van der Waals surface area contributed by atoms with E-state index in [9.17, 15) is 4.55 Å². The molecule has 2 aromatic heterocycles. The van der Waals surface area contributed by atoms with Crippen molar-refractivity contribution in [3.63, 3.8) is 0 Å². The molecule has 1 atom stereocenters. The number of ether oxygens (including phenoxy) is 1. The van der Waals surface area contributed by atoms with Crippen molar-refractivity contribution in [2.24, 2.45) is 0 Å². The van der Waals surface area contributed by atoms with Crippen LogP contribution in [0.5, 0.6) is 5.88 Å². The second kappa shape index (κ2) is 10.2. The minimum Gasteiger partial charge on any atom is -0.609 e. The lowest BCUT2D eigenvalue weighted by atomic mass is 10.1. The third-order valence-electron chi connectivity index (χ3n) is 4.80. The molecule has 0 radical (unpaired) electrons. The highest BCUT2D eigenvalue weighted by atomic mass is 32.2. The van der Waals surface area contributed by atoms with E-state index >= 15 is 0 Å². The summed E-state index contributed by atoms with van der Waals surface area (Å²) in [6.45, 7) is 0.519. The number of hydrogen-bond acceptors (Lipinski definition) is 5. The number of fused-ring (bicyclic) bond motifs is 1. The molecule has 0 spiro atoms. The minimum absolute atomic E-state index is 0.373. The van der Waals surface area contributed by atoms with Crippen LogP contribution in [0.2, 0.25) is 0 Å². The molecule has 4 aromatic rings. The van der Waals surface area contributed by atoms with Crippen LogP contribution in [0.3, 0.4) is 0 Å². The molecule has 2 heterocycles. The Balaban J connectivity index is 1.34. The van der Waals surface area contributed by atoms with Crippen molar-refractivity contribution in [3.8, 4) is 5.88 Å². The molecule has 1 unspecified atom stereocenters. The van der Waals surface area contributed by atoms with Crippen molar-refractivity contribution in [2.75, 3.05) is 12.4 Å². The van der Waals surface area contributed by atoms with Crippen LogP contribution in [-0.4, -0.2) is 36.5 Å². The molecule has 2 aromatic carbocycles. The summed E-state index contributed by atoms with van der Waals surface area (Å²) in [6.07, 6.45) is 6.90. The van der Waals surface area contributed by atoms with E-state index in [0.29, 0.717) is 29.0 Å². The van der Waals surface area contributed by atoms with Gasteiger partial charge in [-0.25, -0.2) is 9.38 Å². The first-order valence-electron chi connectivity index (χ1n) is 10.1. The first kappa shape index (κ1) is 20.4. The average Bonchev–Trinajstić information content (AvgIpc) is 3.28. The predicted molar refractivity (Wildman–Crippen MR) is 117 cm³/mol. The normalized spacial score (nSPS) is 12.2. The Bertz CT molecular complexity index is 1060. The van der Waals surface area contributed by atoms with Crippen molar-refractivity contribution in [1.29, 1.82) is 0 Å². The van der Waals surface area contributed by atoms with Gasteiger partial charge in [-0.1, -0.05) is 65.8 Å². The highest BCUT2D eigenvalue weighted by molar-refractivity contribution is 7.91. The van der Waals surface area contributed by atoms with Crippen molar-refractivity contribution in [2.45, 2.75) is 30.8 Å². The van der Waals surface area contributed by atoms with Gasteiger partial charge < -0.3 is 9.29 Å². The Hall–Kier alpha value is -2.90. The second-order valence-electron chi connectivity index (χ2n) is 6.98. The molecule has 0 aliphatic heterocycles. The fourth-order valence-corrected chi connectivity index (χ4v) is 4.37. The van der Waals surface area contributed by atoms with E-state index in [-0.39, 0.29) is 0 Å². The maximum absolute atomic E-state index is 12.8. The molecule has 0 saturated heterocycles. The summed E-state index contributed by atoms with van der Waals surface area (Å²) in [7, 11) is 0. The molecule has 4 rings (SSSR count). The van der Waals surface area contributed by atoms with Crippen molar-refractivity contribution in [3.05, 3.63) is 84.2 Å². The van der Waals surface area contributed by atoms with Crippen LogP contribution >= 0.6 is 0 Å². The van der Waals surface area contributed by atoms with Crippen molar-refractivity contribution < 1.29 is 9.29 Å². The molecular formula is C23H24N4O2S. The number of aromatic nitrogens is 4. The van der Waals surface area contributed by atoms with Gasteiger partial charge in [0.15, 0.2) is 0 Å². The molecule has 0 saturated carbocycles. The molecule has 0 aliphatic carbocycles. The van der Waals surface area contributed by atoms with E-state index in [0.717, 1.165) is 25.7 Å². The van der Waals surface area contributed by atoms with Crippen LogP contribution in [0.25, 0.3) is 5.65 Å². The Labute approximate surface area is 179 Å². The number of hydrogen-bond donors (Lipinski definition) is 0. The quantitative estimate of drug-likeness (QED) is 0.287. The zero-order valence-corrected chi connectivity index (χ0v) is 17.5. The third-order valence-corrected chi connectivity index (χ3v) is 6.14. The molecule has 0 bridgehead atoms. The van der Waals surface area contributed by atoms with E-state index in [4.69, 9.17) is 4.74 Å². The van der Waals surface area contributed by atoms with E-state index in [1.54, 1.807) is 16.8 Å². The molecule has 0 aliphatic rings. The monoisotopic (exact) mass is 420 g/mol. The van der Waals surface area contributed by atoms with Crippen LogP contribution in [0.15, 0.2) is 78.2 Å². The Morgan fingerprint density at radius 2 is 1.53 bits per heavy atom. The van der Waals surface area contributed by atoms with Gasteiger partial charge in [-0.05, 0) is 36.8 Å². The Kier molecular flexibility index (Phi) is 6.95. The molecular weight excluding hydrogens is 396 g/mol. The van der Waals surface area contributed by atoms with Gasteiger partial charge in [-0.15, -0.1) is 5.10 Å². The number of nitrogens with zero attached hydrogens (tertiary/aromatic N) is 4. The minimum atomic E-state index is -1.26. The molecule has 7 heteroatoms. The number of aryl methyl sites for hydroxylation is 2.